The lowest BCUT2D eigenvalue weighted by molar-refractivity contribution is -0.137. The Morgan fingerprint density at radius 1 is 1.11 bits per heavy atom. The van der Waals surface area contributed by atoms with Gasteiger partial charge in [0.15, 0.2) is 0 Å². The second kappa shape index (κ2) is 5.61. The van der Waals surface area contributed by atoms with Crippen molar-refractivity contribution in [1.29, 1.82) is 0 Å². The summed E-state index contributed by atoms with van der Waals surface area (Å²) in [5.41, 5.74) is 0.242. The molecule has 0 saturated carbocycles. The van der Waals surface area contributed by atoms with Gasteiger partial charge in [-0.05, 0) is 35.9 Å². The van der Waals surface area contributed by atoms with E-state index < -0.39 is 11.7 Å². The molecule has 1 aromatic carbocycles. The van der Waals surface area contributed by atoms with Crippen LogP contribution in [0.3, 0.4) is 0 Å². The first kappa shape index (κ1) is 13.9. The number of halogens is 4. The highest BCUT2D eigenvalue weighted by atomic mass is 79.9. The van der Waals surface area contributed by atoms with Gasteiger partial charge in [-0.1, -0.05) is 15.9 Å². The standard InChI is InChI=1S/C13H10BrF3N2/c14-10-1-2-11(13(15,16)17)12(7-10)19-8-9-3-5-18-6-4-9/h1-7,19H,8H2. The average Bonchev–Trinajstić information content (AvgIpc) is 2.36. The van der Waals surface area contributed by atoms with E-state index in [0.29, 0.717) is 11.0 Å². The Hall–Kier alpha value is -1.56. The number of hydrogen-bond acceptors (Lipinski definition) is 2. The van der Waals surface area contributed by atoms with Crippen LogP contribution in [0.1, 0.15) is 11.1 Å². The van der Waals surface area contributed by atoms with Crippen LogP contribution in [0.25, 0.3) is 0 Å². The maximum Gasteiger partial charge on any atom is 0.418 e. The van der Waals surface area contributed by atoms with E-state index in [0.717, 1.165) is 11.6 Å². The van der Waals surface area contributed by atoms with Crippen molar-refractivity contribution in [2.24, 2.45) is 0 Å². The molecule has 0 bridgehead atoms. The van der Waals surface area contributed by atoms with Crippen molar-refractivity contribution in [2.45, 2.75) is 12.7 Å². The molecule has 0 saturated heterocycles. The molecule has 1 aromatic heterocycles. The Bertz CT molecular complexity index is 556. The van der Waals surface area contributed by atoms with Gasteiger partial charge in [0.1, 0.15) is 0 Å². The third-order valence-electron chi connectivity index (χ3n) is 2.52. The van der Waals surface area contributed by atoms with E-state index in [1.54, 1.807) is 24.5 Å². The minimum Gasteiger partial charge on any atom is -0.380 e. The minimum absolute atomic E-state index is 0.0543. The van der Waals surface area contributed by atoms with Crippen LogP contribution < -0.4 is 5.32 Å². The molecule has 0 unspecified atom stereocenters. The molecule has 0 aliphatic heterocycles. The molecule has 2 aromatic rings. The first-order chi connectivity index (χ1) is 8.97. The van der Waals surface area contributed by atoms with Crippen molar-refractivity contribution >= 4 is 21.6 Å². The summed E-state index contributed by atoms with van der Waals surface area (Å²) in [5, 5.41) is 2.80. The molecular weight excluding hydrogens is 321 g/mol. The summed E-state index contributed by atoms with van der Waals surface area (Å²) < 4.78 is 39.1. The van der Waals surface area contributed by atoms with E-state index in [2.05, 4.69) is 26.2 Å². The Labute approximate surface area is 116 Å². The van der Waals surface area contributed by atoms with E-state index in [-0.39, 0.29) is 5.69 Å². The highest BCUT2D eigenvalue weighted by molar-refractivity contribution is 9.10. The monoisotopic (exact) mass is 330 g/mol. The largest absolute Gasteiger partial charge is 0.418 e. The maximum absolute atomic E-state index is 12.8. The molecule has 0 aliphatic rings. The molecule has 6 heteroatoms. The molecule has 2 rings (SSSR count). The molecular formula is C13H10BrF3N2. The third kappa shape index (κ3) is 3.70. The molecule has 1 N–H and O–H groups in total. The molecule has 0 atom stereocenters. The fourth-order valence-corrected chi connectivity index (χ4v) is 1.97. The summed E-state index contributed by atoms with van der Waals surface area (Å²) in [6.07, 6.45) is -1.17. The lowest BCUT2D eigenvalue weighted by Gasteiger charge is -2.15. The molecule has 0 radical (unpaired) electrons. The molecule has 0 spiro atoms. The predicted molar refractivity (Wildman–Crippen MR) is 70.7 cm³/mol. The van der Waals surface area contributed by atoms with Crippen LogP contribution in [0.15, 0.2) is 47.2 Å². The van der Waals surface area contributed by atoms with Gasteiger partial charge in [0.05, 0.1) is 5.56 Å². The van der Waals surface area contributed by atoms with E-state index in [9.17, 15) is 13.2 Å². The van der Waals surface area contributed by atoms with Gasteiger partial charge in [0.2, 0.25) is 0 Å². The second-order valence-corrected chi connectivity index (χ2v) is 4.81. The zero-order valence-electron chi connectivity index (χ0n) is 9.71. The number of rotatable bonds is 3. The van der Waals surface area contributed by atoms with Crippen LogP contribution in [-0.4, -0.2) is 4.98 Å². The normalized spacial score (nSPS) is 11.4. The molecule has 0 aliphatic carbocycles. The van der Waals surface area contributed by atoms with Crippen molar-refractivity contribution in [1.82, 2.24) is 4.98 Å². The summed E-state index contributed by atoms with van der Waals surface area (Å²) in [6, 6.07) is 7.35. The molecule has 19 heavy (non-hydrogen) atoms. The smallest absolute Gasteiger partial charge is 0.380 e. The topological polar surface area (TPSA) is 24.9 Å². The van der Waals surface area contributed by atoms with E-state index >= 15 is 0 Å². The lowest BCUT2D eigenvalue weighted by atomic mass is 10.1. The van der Waals surface area contributed by atoms with Crippen LogP contribution in [0.5, 0.6) is 0 Å². The summed E-state index contributed by atoms with van der Waals surface area (Å²) in [5.74, 6) is 0. The fourth-order valence-electron chi connectivity index (χ4n) is 1.61. The number of anilines is 1. The first-order valence-electron chi connectivity index (χ1n) is 5.46. The number of hydrogen-bond donors (Lipinski definition) is 1. The first-order valence-corrected chi connectivity index (χ1v) is 6.25. The van der Waals surface area contributed by atoms with Gasteiger partial charge in [-0.25, -0.2) is 0 Å². The Balaban J connectivity index is 2.22. The quantitative estimate of drug-likeness (QED) is 0.897. The zero-order valence-corrected chi connectivity index (χ0v) is 11.3. The van der Waals surface area contributed by atoms with Gasteiger partial charge >= 0.3 is 6.18 Å². The second-order valence-electron chi connectivity index (χ2n) is 3.90. The van der Waals surface area contributed by atoms with Gasteiger partial charge in [-0.15, -0.1) is 0 Å². The highest BCUT2D eigenvalue weighted by Gasteiger charge is 2.33. The Kier molecular flexibility index (Phi) is 4.09. The van der Waals surface area contributed by atoms with Crippen LogP contribution in [0, 0.1) is 0 Å². The van der Waals surface area contributed by atoms with Crippen molar-refractivity contribution in [2.75, 3.05) is 5.32 Å². The van der Waals surface area contributed by atoms with Crippen LogP contribution in [0.4, 0.5) is 18.9 Å². The molecule has 2 nitrogen and oxygen atoms in total. The van der Waals surface area contributed by atoms with Crippen molar-refractivity contribution in [3.8, 4) is 0 Å². The average molecular weight is 331 g/mol. The summed E-state index contributed by atoms with van der Waals surface area (Å²) in [4.78, 5) is 3.86. The number of nitrogens with one attached hydrogen (secondary N) is 1. The molecule has 0 amide bonds. The summed E-state index contributed by atoms with van der Waals surface area (Å²) in [7, 11) is 0. The van der Waals surface area contributed by atoms with Crippen LogP contribution >= 0.6 is 15.9 Å². The van der Waals surface area contributed by atoms with E-state index in [1.165, 1.54) is 12.1 Å². The third-order valence-corrected chi connectivity index (χ3v) is 3.01. The predicted octanol–water partition coefficient (Wildman–Crippen LogP) is 4.48. The van der Waals surface area contributed by atoms with Gasteiger partial charge in [-0.3, -0.25) is 4.98 Å². The van der Waals surface area contributed by atoms with Crippen molar-refractivity contribution in [3.05, 3.63) is 58.3 Å². The Morgan fingerprint density at radius 3 is 2.42 bits per heavy atom. The fraction of sp³-hybridized carbons (Fsp3) is 0.154. The highest BCUT2D eigenvalue weighted by Crippen LogP contribution is 2.36. The van der Waals surface area contributed by atoms with E-state index in [1.807, 2.05) is 0 Å². The number of alkyl halides is 3. The lowest BCUT2D eigenvalue weighted by Crippen LogP contribution is -2.10. The molecule has 100 valence electrons. The van der Waals surface area contributed by atoms with Gasteiger partial charge in [0, 0.05) is 29.1 Å². The van der Waals surface area contributed by atoms with Crippen molar-refractivity contribution < 1.29 is 13.2 Å². The number of pyridine rings is 1. The van der Waals surface area contributed by atoms with Gasteiger partial charge in [-0.2, -0.15) is 13.2 Å². The Morgan fingerprint density at radius 2 is 1.79 bits per heavy atom. The van der Waals surface area contributed by atoms with Gasteiger partial charge < -0.3 is 5.32 Å². The molecule has 1 heterocycles. The number of nitrogens with zero attached hydrogens (tertiary/aromatic N) is 1. The molecule has 0 fully saturated rings. The number of benzene rings is 1. The summed E-state index contributed by atoms with van der Waals surface area (Å²) >= 11 is 3.17. The van der Waals surface area contributed by atoms with Crippen LogP contribution in [-0.2, 0) is 12.7 Å². The van der Waals surface area contributed by atoms with E-state index in [4.69, 9.17) is 0 Å². The van der Waals surface area contributed by atoms with Crippen molar-refractivity contribution in [3.63, 3.8) is 0 Å². The zero-order chi connectivity index (χ0) is 13.9. The number of aromatic nitrogens is 1. The van der Waals surface area contributed by atoms with Gasteiger partial charge in [0.25, 0.3) is 0 Å². The SMILES string of the molecule is FC(F)(F)c1ccc(Br)cc1NCc1ccncc1. The van der Waals surface area contributed by atoms with Crippen LogP contribution in [0.2, 0.25) is 0 Å². The summed E-state index contributed by atoms with van der Waals surface area (Å²) in [6.45, 7) is 0.308. The maximum atomic E-state index is 12.8. The minimum atomic E-state index is -4.37.